The Morgan fingerprint density at radius 2 is 1.44 bits per heavy atom. The molecule has 0 unspecified atom stereocenters. The molecule has 0 aliphatic rings. The van der Waals surface area contributed by atoms with Gasteiger partial charge in [-0.05, 0) is 68.1 Å². The number of halogens is 1. The van der Waals surface area contributed by atoms with E-state index >= 15 is 0 Å². The molecule has 0 aliphatic heterocycles. The molecule has 0 heterocycles. The Balaban J connectivity index is 1.83. The van der Waals surface area contributed by atoms with Crippen molar-refractivity contribution in [1.29, 1.82) is 0 Å². The van der Waals surface area contributed by atoms with Crippen LogP contribution in [0.4, 0.5) is 5.69 Å². The van der Waals surface area contributed by atoms with E-state index in [4.69, 9.17) is 11.6 Å². The van der Waals surface area contributed by atoms with Crippen molar-refractivity contribution in [2.24, 2.45) is 0 Å². The second-order valence-corrected chi connectivity index (χ2v) is 13.5. The van der Waals surface area contributed by atoms with E-state index in [-0.39, 0.29) is 29.8 Å². The number of anilines is 1. The number of hydrogen-bond acceptors (Lipinski definition) is 4. The van der Waals surface area contributed by atoms with Crippen LogP contribution in [0.25, 0.3) is 0 Å². The van der Waals surface area contributed by atoms with Gasteiger partial charge in [0, 0.05) is 24.0 Å². The molecule has 0 aliphatic carbocycles. The highest BCUT2D eigenvalue weighted by molar-refractivity contribution is 7.92. The van der Waals surface area contributed by atoms with Crippen LogP contribution in [0.5, 0.6) is 0 Å². The number of amides is 2. The number of hydrogen-bond donors (Lipinski definition) is 1. The topological polar surface area (TPSA) is 86.8 Å². The average molecular weight is 646 g/mol. The summed E-state index contributed by atoms with van der Waals surface area (Å²) in [6, 6.07) is 29.2. The Labute approximate surface area is 271 Å². The lowest BCUT2D eigenvalue weighted by Gasteiger charge is -2.34. The molecule has 2 amide bonds. The SMILES string of the molecule is CC[C@H](C)NC(=O)[C@@H](Cc1ccccc1)N(Cc1ccc(C)cc1)C(=O)CN(c1cccc(Cl)c1C)S(=O)(=O)c1ccccc1. The first kappa shape index (κ1) is 33.7. The van der Waals surface area contributed by atoms with Crippen LogP contribution in [0.15, 0.2) is 108 Å². The fourth-order valence-electron chi connectivity index (χ4n) is 4.98. The van der Waals surface area contributed by atoms with Crippen molar-refractivity contribution in [2.75, 3.05) is 10.8 Å². The van der Waals surface area contributed by atoms with Crippen LogP contribution in [0.1, 0.15) is 42.5 Å². The molecule has 0 bridgehead atoms. The third kappa shape index (κ3) is 8.53. The van der Waals surface area contributed by atoms with Crippen molar-refractivity contribution >= 4 is 39.1 Å². The number of nitrogens with zero attached hydrogens (tertiary/aromatic N) is 2. The second-order valence-electron chi connectivity index (χ2n) is 11.2. The maximum atomic E-state index is 14.6. The number of carbonyl (C=O) groups is 2. The van der Waals surface area contributed by atoms with Gasteiger partial charge in [-0.2, -0.15) is 0 Å². The zero-order chi connectivity index (χ0) is 32.6. The zero-order valence-electron chi connectivity index (χ0n) is 26.1. The minimum absolute atomic E-state index is 0.0395. The molecule has 236 valence electrons. The number of nitrogens with one attached hydrogen (secondary N) is 1. The number of carbonyl (C=O) groups excluding carboxylic acids is 2. The van der Waals surface area contributed by atoms with Gasteiger partial charge < -0.3 is 10.2 Å². The molecule has 9 heteroatoms. The molecule has 4 rings (SSSR count). The molecular weight excluding hydrogens is 606 g/mol. The summed E-state index contributed by atoms with van der Waals surface area (Å²) in [5, 5.41) is 3.43. The first-order valence-corrected chi connectivity index (χ1v) is 16.8. The van der Waals surface area contributed by atoms with Crippen molar-refractivity contribution in [3.05, 3.63) is 130 Å². The van der Waals surface area contributed by atoms with E-state index in [0.29, 0.717) is 22.7 Å². The molecule has 45 heavy (non-hydrogen) atoms. The lowest BCUT2D eigenvalue weighted by molar-refractivity contribution is -0.140. The average Bonchev–Trinajstić information content (AvgIpc) is 3.04. The lowest BCUT2D eigenvalue weighted by atomic mass is 10.0. The first-order valence-electron chi connectivity index (χ1n) is 15.0. The quantitative estimate of drug-likeness (QED) is 0.175. The van der Waals surface area contributed by atoms with E-state index in [0.717, 1.165) is 21.0 Å². The van der Waals surface area contributed by atoms with E-state index < -0.39 is 28.5 Å². The highest BCUT2D eigenvalue weighted by atomic mass is 35.5. The van der Waals surface area contributed by atoms with Gasteiger partial charge in [0.2, 0.25) is 11.8 Å². The number of rotatable bonds is 13. The maximum absolute atomic E-state index is 14.6. The van der Waals surface area contributed by atoms with Crippen LogP contribution < -0.4 is 9.62 Å². The van der Waals surface area contributed by atoms with Gasteiger partial charge in [-0.15, -0.1) is 0 Å². The summed E-state index contributed by atoms with van der Waals surface area (Å²) in [4.78, 5) is 30.0. The molecule has 0 fully saturated rings. The molecular formula is C36H40ClN3O4S. The van der Waals surface area contributed by atoms with Crippen LogP contribution >= 0.6 is 11.6 Å². The highest BCUT2D eigenvalue weighted by Crippen LogP contribution is 2.31. The molecule has 4 aromatic rings. The highest BCUT2D eigenvalue weighted by Gasteiger charge is 2.35. The molecule has 7 nitrogen and oxygen atoms in total. The van der Waals surface area contributed by atoms with Gasteiger partial charge >= 0.3 is 0 Å². The Morgan fingerprint density at radius 3 is 2.07 bits per heavy atom. The Hall–Kier alpha value is -4.14. The first-order chi connectivity index (χ1) is 21.5. The van der Waals surface area contributed by atoms with Gasteiger partial charge in [-0.3, -0.25) is 13.9 Å². The van der Waals surface area contributed by atoms with E-state index in [1.807, 2.05) is 75.4 Å². The Kier molecular flexibility index (Phi) is 11.4. The summed E-state index contributed by atoms with van der Waals surface area (Å²) in [6.07, 6.45) is 0.967. The predicted octanol–water partition coefficient (Wildman–Crippen LogP) is 6.71. The summed E-state index contributed by atoms with van der Waals surface area (Å²) >= 11 is 6.45. The molecule has 2 atom stereocenters. The summed E-state index contributed by atoms with van der Waals surface area (Å²) in [5.41, 5.74) is 3.57. The number of sulfonamides is 1. The van der Waals surface area contributed by atoms with Gasteiger partial charge in [-0.25, -0.2) is 8.42 Å². The summed E-state index contributed by atoms with van der Waals surface area (Å²) in [5.74, 6) is -0.820. The maximum Gasteiger partial charge on any atom is 0.264 e. The van der Waals surface area contributed by atoms with Crippen molar-refractivity contribution in [1.82, 2.24) is 10.2 Å². The molecule has 1 N–H and O–H groups in total. The number of benzene rings is 4. The largest absolute Gasteiger partial charge is 0.352 e. The van der Waals surface area contributed by atoms with Crippen molar-refractivity contribution < 1.29 is 18.0 Å². The molecule has 4 aromatic carbocycles. The lowest BCUT2D eigenvalue weighted by Crippen LogP contribution is -2.54. The van der Waals surface area contributed by atoms with E-state index in [1.165, 1.54) is 17.0 Å². The molecule has 0 aromatic heterocycles. The predicted molar refractivity (Wildman–Crippen MR) is 181 cm³/mol. The van der Waals surface area contributed by atoms with Crippen molar-refractivity contribution in [2.45, 2.75) is 64.1 Å². The third-order valence-electron chi connectivity index (χ3n) is 7.86. The minimum atomic E-state index is -4.20. The minimum Gasteiger partial charge on any atom is -0.352 e. The Morgan fingerprint density at radius 1 is 0.822 bits per heavy atom. The Bertz CT molecular complexity index is 1700. The number of aryl methyl sites for hydroxylation is 1. The summed E-state index contributed by atoms with van der Waals surface area (Å²) < 4.78 is 29.4. The van der Waals surface area contributed by atoms with Gasteiger partial charge in [-0.1, -0.05) is 103 Å². The van der Waals surface area contributed by atoms with Gasteiger partial charge in [0.05, 0.1) is 10.6 Å². The summed E-state index contributed by atoms with van der Waals surface area (Å²) in [7, 11) is -4.20. The van der Waals surface area contributed by atoms with Crippen molar-refractivity contribution in [3.63, 3.8) is 0 Å². The van der Waals surface area contributed by atoms with Gasteiger partial charge in [0.15, 0.2) is 0 Å². The normalized spacial score (nSPS) is 12.6. The van der Waals surface area contributed by atoms with Crippen LogP contribution in [0.2, 0.25) is 5.02 Å². The zero-order valence-corrected chi connectivity index (χ0v) is 27.7. The van der Waals surface area contributed by atoms with E-state index in [2.05, 4.69) is 5.32 Å². The van der Waals surface area contributed by atoms with Crippen LogP contribution in [-0.2, 0) is 32.6 Å². The monoisotopic (exact) mass is 645 g/mol. The molecule has 0 saturated heterocycles. The second kappa shape index (κ2) is 15.2. The van der Waals surface area contributed by atoms with E-state index in [1.54, 1.807) is 43.3 Å². The van der Waals surface area contributed by atoms with Crippen LogP contribution in [-0.4, -0.2) is 43.8 Å². The fourth-order valence-corrected chi connectivity index (χ4v) is 6.65. The van der Waals surface area contributed by atoms with E-state index in [9.17, 15) is 18.0 Å². The van der Waals surface area contributed by atoms with Crippen molar-refractivity contribution in [3.8, 4) is 0 Å². The fraction of sp³-hybridized carbons (Fsp3) is 0.278. The smallest absolute Gasteiger partial charge is 0.264 e. The van der Waals surface area contributed by atoms with Crippen LogP contribution in [0, 0.1) is 13.8 Å². The molecule has 0 spiro atoms. The molecule has 0 radical (unpaired) electrons. The van der Waals surface area contributed by atoms with Crippen LogP contribution in [0.3, 0.4) is 0 Å². The third-order valence-corrected chi connectivity index (χ3v) is 10.0. The van der Waals surface area contributed by atoms with Gasteiger partial charge in [0.1, 0.15) is 12.6 Å². The summed E-state index contributed by atoms with van der Waals surface area (Å²) in [6.45, 7) is 7.16. The van der Waals surface area contributed by atoms with Gasteiger partial charge in [0.25, 0.3) is 10.0 Å². The standard InChI is InChI=1S/C36H40ClN3O4S/c1-5-27(3)38-36(42)34(23-29-13-8-6-9-14-29)39(24-30-21-19-26(2)20-22-30)35(41)25-40(33-18-12-17-32(37)28(33)4)45(43,44)31-15-10-7-11-16-31/h6-22,27,34H,5,23-25H2,1-4H3,(H,38,42)/t27-,34+/m0/s1. The molecule has 0 saturated carbocycles.